The Morgan fingerprint density at radius 2 is 2.07 bits per heavy atom. The van der Waals surface area contributed by atoms with E-state index in [0.29, 0.717) is 12.7 Å². The lowest BCUT2D eigenvalue weighted by atomic mass is 9.94. The Labute approximate surface area is 93.2 Å². The predicted octanol–water partition coefficient (Wildman–Crippen LogP) is 1.70. The second kappa shape index (κ2) is 6.46. The smallest absolute Gasteiger partial charge is 0.0726 e. The summed E-state index contributed by atoms with van der Waals surface area (Å²) in [6.45, 7) is 6.67. The maximum absolute atomic E-state index is 8.64. The van der Waals surface area contributed by atoms with E-state index in [-0.39, 0.29) is 5.54 Å². The van der Waals surface area contributed by atoms with Gasteiger partial charge in [-0.25, -0.2) is 0 Å². The molecular formula is C12H25NO2. The van der Waals surface area contributed by atoms with Crippen molar-refractivity contribution < 1.29 is 9.84 Å². The molecule has 3 heteroatoms. The van der Waals surface area contributed by atoms with Crippen LogP contribution < -0.4 is 5.32 Å². The quantitative estimate of drug-likeness (QED) is 0.635. The molecule has 1 aliphatic heterocycles. The number of nitrogens with one attached hydrogen (secondary N) is 1. The Kier molecular flexibility index (Phi) is 5.58. The van der Waals surface area contributed by atoms with E-state index in [1.54, 1.807) is 0 Å². The fourth-order valence-corrected chi connectivity index (χ4v) is 2.03. The van der Waals surface area contributed by atoms with E-state index in [4.69, 9.17) is 9.84 Å². The average Bonchev–Trinajstić information content (AvgIpc) is 2.54. The molecule has 2 N–H and O–H groups in total. The van der Waals surface area contributed by atoms with Crippen LogP contribution in [0.4, 0.5) is 0 Å². The number of hydrogen-bond donors (Lipinski definition) is 2. The first kappa shape index (κ1) is 12.9. The van der Waals surface area contributed by atoms with E-state index in [1.165, 1.54) is 12.8 Å². The van der Waals surface area contributed by atoms with Crippen LogP contribution >= 0.6 is 0 Å². The van der Waals surface area contributed by atoms with Gasteiger partial charge in [-0.1, -0.05) is 12.8 Å². The third-order valence-corrected chi connectivity index (χ3v) is 3.50. The van der Waals surface area contributed by atoms with Crippen LogP contribution in [0, 0.1) is 0 Å². The van der Waals surface area contributed by atoms with Crippen LogP contribution in [0.15, 0.2) is 0 Å². The first-order valence-electron chi connectivity index (χ1n) is 6.16. The maximum atomic E-state index is 8.64. The normalized spacial score (nSPS) is 31.0. The molecule has 0 aromatic carbocycles. The van der Waals surface area contributed by atoms with Gasteiger partial charge < -0.3 is 15.2 Å². The van der Waals surface area contributed by atoms with Crippen LogP contribution in [0.25, 0.3) is 0 Å². The summed E-state index contributed by atoms with van der Waals surface area (Å²) in [5.74, 6) is 0. The fourth-order valence-electron chi connectivity index (χ4n) is 2.03. The Bertz CT molecular complexity index is 175. The van der Waals surface area contributed by atoms with Crippen LogP contribution in [0.1, 0.15) is 46.0 Å². The molecule has 1 fully saturated rings. The number of unbranched alkanes of at least 4 members (excludes halogenated alkanes) is 3. The summed E-state index contributed by atoms with van der Waals surface area (Å²) in [7, 11) is 0. The van der Waals surface area contributed by atoms with Gasteiger partial charge in [0.1, 0.15) is 0 Å². The topological polar surface area (TPSA) is 41.5 Å². The Morgan fingerprint density at radius 1 is 1.33 bits per heavy atom. The minimum atomic E-state index is 0.178. The number of hydrogen-bond acceptors (Lipinski definition) is 3. The fraction of sp³-hybridized carbons (Fsp3) is 1.00. The van der Waals surface area contributed by atoms with Crippen LogP contribution in [0.3, 0.4) is 0 Å². The maximum Gasteiger partial charge on any atom is 0.0726 e. The highest BCUT2D eigenvalue weighted by Gasteiger charge is 2.35. The summed E-state index contributed by atoms with van der Waals surface area (Å²) in [6.07, 6.45) is 5.93. The van der Waals surface area contributed by atoms with E-state index in [2.05, 4.69) is 19.2 Å². The second-order valence-electron chi connectivity index (χ2n) is 4.75. The molecule has 15 heavy (non-hydrogen) atoms. The summed E-state index contributed by atoms with van der Waals surface area (Å²) >= 11 is 0. The minimum absolute atomic E-state index is 0.178. The van der Waals surface area contributed by atoms with Gasteiger partial charge in [-0.2, -0.15) is 0 Å². The first-order chi connectivity index (χ1) is 7.19. The summed E-state index contributed by atoms with van der Waals surface area (Å²) < 4.78 is 5.57. The molecule has 1 saturated heterocycles. The van der Waals surface area contributed by atoms with Gasteiger partial charge in [-0.05, 0) is 39.7 Å². The minimum Gasteiger partial charge on any atom is -0.396 e. The summed E-state index contributed by atoms with van der Waals surface area (Å²) in [6, 6.07) is 0. The zero-order valence-corrected chi connectivity index (χ0v) is 10.1. The van der Waals surface area contributed by atoms with Crippen LogP contribution in [-0.4, -0.2) is 36.5 Å². The van der Waals surface area contributed by atoms with Gasteiger partial charge in [0.15, 0.2) is 0 Å². The molecule has 1 rings (SSSR count). The number of aliphatic hydroxyl groups is 1. The lowest BCUT2D eigenvalue weighted by Crippen LogP contribution is -2.48. The molecule has 1 heterocycles. The van der Waals surface area contributed by atoms with Gasteiger partial charge >= 0.3 is 0 Å². The van der Waals surface area contributed by atoms with Crippen molar-refractivity contribution in [3.8, 4) is 0 Å². The zero-order valence-electron chi connectivity index (χ0n) is 10.1. The Hall–Kier alpha value is -0.120. The SMILES string of the molecule is CC1OCCC1(C)NCCCCCCO. The molecule has 90 valence electrons. The van der Waals surface area contributed by atoms with Gasteiger partial charge in [0, 0.05) is 18.8 Å². The molecule has 0 aromatic heterocycles. The molecule has 0 aliphatic carbocycles. The highest BCUT2D eigenvalue weighted by molar-refractivity contribution is 4.93. The van der Waals surface area contributed by atoms with Gasteiger partial charge in [0.05, 0.1) is 6.10 Å². The zero-order chi connectivity index (χ0) is 11.1. The van der Waals surface area contributed by atoms with Gasteiger partial charge in [0.25, 0.3) is 0 Å². The number of rotatable bonds is 7. The standard InChI is InChI=1S/C12H25NO2/c1-11-12(2,7-10-15-11)13-8-5-3-4-6-9-14/h11,13-14H,3-10H2,1-2H3. The largest absolute Gasteiger partial charge is 0.396 e. The van der Waals surface area contributed by atoms with Gasteiger partial charge in [0.2, 0.25) is 0 Å². The van der Waals surface area contributed by atoms with Crippen molar-refractivity contribution >= 4 is 0 Å². The average molecular weight is 215 g/mol. The van der Waals surface area contributed by atoms with Gasteiger partial charge in [-0.15, -0.1) is 0 Å². The van der Waals surface area contributed by atoms with E-state index in [0.717, 1.165) is 32.4 Å². The van der Waals surface area contributed by atoms with Crippen molar-refractivity contribution in [3.63, 3.8) is 0 Å². The third kappa shape index (κ3) is 4.09. The molecule has 2 atom stereocenters. The highest BCUT2D eigenvalue weighted by atomic mass is 16.5. The molecule has 0 bridgehead atoms. The molecule has 3 nitrogen and oxygen atoms in total. The first-order valence-corrected chi connectivity index (χ1v) is 6.16. The van der Waals surface area contributed by atoms with Crippen molar-refractivity contribution in [2.24, 2.45) is 0 Å². The molecule has 0 spiro atoms. The van der Waals surface area contributed by atoms with E-state index in [1.807, 2.05) is 0 Å². The number of aliphatic hydroxyl groups excluding tert-OH is 1. The van der Waals surface area contributed by atoms with Crippen molar-refractivity contribution in [3.05, 3.63) is 0 Å². The lowest BCUT2D eigenvalue weighted by Gasteiger charge is -2.29. The molecule has 0 amide bonds. The van der Waals surface area contributed by atoms with E-state index < -0.39 is 0 Å². The molecule has 0 radical (unpaired) electrons. The number of ether oxygens (including phenoxy) is 1. The Morgan fingerprint density at radius 3 is 2.67 bits per heavy atom. The predicted molar refractivity (Wildman–Crippen MR) is 62.0 cm³/mol. The monoisotopic (exact) mass is 215 g/mol. The molecule has 0 saturated carbocycles. The third-order valence-electron chi connectivity index (χ3n) is 3.50. The second-order valence-corrected chi connectivity index (χ2v) is 4.75. The summed E-state index contributed by atoms with van der Waals surface area (Å²) in [5, 5.41) is 12.2. The van der Waals surface area contributed by atoms with Gasteiger partial charge in [-0.3, -0.25) is 0 Å². The van der Waals surface area contributed by atoms with Crippen LogP contribution in [-0.2, 0) is 4.74 Å². The van der Waals surface area contributed by atoms with E-state index in [9.17, 15) is 0 Å². The van der Waals surface area contributed by atoms with Crippen molar-refractivity contribution in [1.29, 1.82) is 0 Å². The van der Waals surface area contributed by atoms with Crippen molar-refractivity contribution in [1.82, 2.24) is 5.32 Å². The summed E-state index contributed by atoms with van der Waals surface area (Å²) in [4.78, 5) is 0. The summed E-state index contributed by atoms with van der Waals surface area (Å²) in [5.41, 5.74) is 0.178. The highest BCUT2D eigenvalue weighted by Crippen LogP contribution is 2.24. The van der Waals surface area contributed by atoms with Crippen LogP contribution in [0.2, 0.25) is 0 Å². The van der Waals surface area contributed by atoms with E-state index >= 15 is 0 Å². The lowest BCUT2D eigenvalue weighted by molar-refractivity contribution is 0.0886. The molecular weight excluding hydrogens is 190 g/mol. The molecule has 1 aliphatic rings. The molecule has 2 unspecified atom stereocenters. The Balaban J connectivity index is 2.04. The molecule has 0 aromatic rings. The van der Waals surface area contributed by atoms with Crippen LogP contribution in [0.5, 0.6) is 0 Å². The van der Waals surface area contributed by atoms with Crippen molar-refractivity contribution in [2.75, 3.05) is 19.8 Å². The van der Waals surface area contributed by atoms with Crippen molar-refractivity contribution in [2.45, 2.75) is 57.6 Å².